The van der Waals surface area contributed by atoms with Crippen LogP contribution in [0.25, 0.3) is 0 Å². The van der Waals surface area contributed by atoms with Crippen LogP contribution >= 0.6 is 0 Å². The van der Waals surface area contributed by atoms with E-state index in [-0.39, 0.29) is 0 Å². The standard InChI is InChI=1S/C19H24N2O/c1-15-6-3-4-9-18(15)19(21-12-10-20-11-13-21)16-7-5-8-17(14-16)22-2/h3-9,14,19-20H,10-13H2,1-2H3. The number of nitrogens with zero attached hydrogens (tertiary/aromatic N) is 1. The van der Waals surface area contributed by atoms with E-state index in [1.807, 2.05) is 6.07 Å². The molecule has 0 amide bonds. The molecule has 3 heteroatoms. The van der Waals surface area contributed by atoms with Crippen LogP contribution in [0, 0.1) is 6.92 Å². The molecule has 1 N–H and O–H groups in total. The van der Waals surface area contributed by atoms with E-state index < -0.39 is 0 Å². The van der Waals surface area contributed by atoms with Crippen molar-refractivity contribution in [1.82, 2.24) is 10.2 Å². The fourth-order valence-electron chi connectivity index (χ4n) is 3.23. The lowest BCUT2D eigenvalue weighted by molar-refractivity contribution is 0.197. The molecule has 0 aliphatic carbocycles. The average Bonchev–Trinajstić information content (AvgIpc) is 2.58. The molecule has 1 atom stereocenters. The Bertz CT molecular complexity index is 620. The van der Waals surface area contributed by atoms with E-state index in [1.165, 1.54) is 16.7 Å². The molecule has 3 nitrogen and oxygen atoms in total. The number of aryl methyl sites for hydroxylation is 1. The summed E-state index contributed by atoms with van der Waals surface area (Å²) in [4.78, 5) is 2.56. The molecular weight excluding hydrogens is 272 g/mol. The Kier molecular flexibility index (Phi) is 4.76. The van der Waals surface area contributed by atoms with E-state index in [9.17, 15) is 0 Å². The average molecular weight is 296 g/mol. The molecule has 0 radical (unpaired) electrons. The van der Waals surface area contributed by atoms with Crippen LogP contribution in [-0.2, 0) is 0 Å². The van der Waals surface area contributed by atoms with Gasteiger partial charge in [-0.1, -0.05) is 36.4 Å². The van der Waals surface area contributed by atoms with Gasteiger partial charge < -0.3 is 10.1 Å². The maximum Gasteiger partial charge on any atom is 0.119 e. The molecule has 2 aromatic carbocycles. The molecule has 22 heavy (non-hydrogen) atoms. The largest absolute Gasteiger partial charge is 0.497 e. The van der Waals surface area contributed by atoms with Crippen LogP contribution in [0.5, 0.6) is 5.75 Å². The monoisotopic (exact) mass is 296 g/mol. The van der Waals surface area contributed by atoms with Gasteiger partial charge in [-0.15, -0.1) is 0 Å². The van der Waals surface area contributed by atoms with Crippen molar-refractivity contribution in [2.45, 2.75) is 13.0 Å². The molecule has 1 heterocycles. The second-order valence-corrected chi connectivity index (χ2v) is 5.82. The highest BCUT2D eigenvalue weighted by Gasteiger charge is 2.25. The van der Waals surface area contributed by atoms with Gasteiger partial charge in [-0.3, -0.25) is 4.90 Å². The zero-order chi connectivity index (χ0) is 15.4. The number of nitrogens with one attached hydrogen (secondary N) is 1. The van der Waals surface area contributed by atoms with Crippen molar-refractivity contribution in [1.29, 1.82) is 0 Å². The molecule has 0 spiro atoms. The summed E-state index contributed by atoms with van der Waals surface area (Å²) in [6.45, 7) is 6.43. The summed E-state index contributed by atoms with van der Waals surface area (Å²) in [5.41, 5.74) is 4.03. The number of methoxy groups -OCH3 is 1. The lowest BCUT2D eigenvalue weighted by atomic mass is 9.93. The van der Waals surface area contributed by atoms with Gasteiger partial charge in [0.25, 0.3) is 0 Å². The molecule has 0 bridgehead atoms. The van der Waals surface area contributed by atoms with Gasteiger partial charge in [-0.2, -0.15) is 0 Å². The normalized spacial score (nSPS) is 17.2. The highest BCUT2D eigenvalue weighted by molar-refractivity contribution is 5.40. The zero-order valence-corrected chi connectivity index (χ0v) is 13.4. The summed E-state index contributed by atoms with van der Waals surface area (Å²) in [5.74, 6) is 0.922. The number of hydrogen-bond donors (Lipinski definition) is 1. The predicted octanol–water partition coefficient (Wildman–Crippen LogP) is 3.00. The summed E-state index contributed by atoms with van der Waals surface area (Å²) in [5, 5.41) is 3.44. The molecule has 1 aliphatic heterocycles. The highest BCUT2D eigenvalue weighted by atomic mass is 16.5. The number of hydrogen-bond acceptors (Lipinski definition) is 3. The second kappa shape index (κ2) is 6.95. The first kappa shape index (κ1) is 15.1. The number of rotatable bonds is 4. The third-order valence-corrected chi connectivity index (χ3v) is 4.41. The van der Waals surface area contributed by atoms with Gasteiger partial charge in [0, 0.05) is 26.2 Å². The van der Waals surface area contributed by atoms with Gasteiger partial charge in [-0.05, 0) is 35.7 Å². The van der Waals surface area contributed by atoms with Crippen molar-refractivity contribution < 1.29 is 4.74 Å². The SMILES string of the molecule is COc1cccc(C(c2ccccc2C)N2CCNCC2)c1. The molecule has 3 rings (SSSR count). The Hall–Kier alpha value is -1.84. The van der Waals surface area contributed by atoms with Crippen LogP contribution in [0.3, 0.4) is 0 Å². The maximum absolute atomic E-state index is 5.43. The van der Waals surface area contributed by atoms with Gasteiger partial charge in [-0.25, -0.2) is 0 Å². The Morgan fingerprint density at radius 1 is 1.05 bits per heavy atom. The molecule has 0 saturated carbocycles. The third-order valence-electron chi connectivity index (χ3n) is 4.41. The van der Waals surface area contributed by atoms with E-state index >= 15 is 0 Å². The molecule has 2 aromatic rings. The lowest BCUT2D eigenvalue weighted by Gasteiger charge is -2.36. The minimum absolute atomic E-state index is 0.290. The summed E-state index contributed by atoms with van der Waals surface area (Å²) in [6.07, 6.45) is 0. The Balaban J connectivity index is 2.03. The first-order valence-corrected chi connectivity index (χ1v) is 7.94. The van der Waals surface area contributed by atoms with Crippen molar-refractivity contribution in [3.63, 3.8) is 0 Å². The fraction of sp³-hybridized carbons (Fsp3) is 0.368. The summed E-state index contributed by atoms with van der Waals surface area (Å²) in [6, 6.07) is 17.5. The van der Waals surface area contributed by atoms with Crippen LogP contribution in [0.15, 0.2) is 48.5 Å². The van der Waals surface area contributed by atoms with Crippen LogP contribution in [0.4, 0.5) is 0 Å². The van der Waals surface area contributed by atoms with Crippen molar-refractivity contribution in [3.05, 3.63) is 65.2 Å². The first-order valence-electron chi connectivity index (χ1n) is 7.94. The molecule has 1 fully saturated rings. The lowest BCUT2D eigenvalue weighted by Crippen LogP contribution is -2.45. The Morgan fingerprint density at radius 3 is 2.55 bits per heavy atom. The van der Waals surface area contributed by atoms with E-state index in [4.69, 9.17) is 4.74 Å². The van der Waals surface area contributed by atoms with E-state index in [0.717, 1.165) is 31.9 Å². The summed E-state index contributed by atoms with van der Waals surface area (Å²) >= 11 is 0. The van der Waals surface area contributed by atoms with Crippen LogP contribution in [-0.4, -0.2) is 38.2 Å². The first-order chi connectivity index (χ1) is 10.8. The molecule has 1 aliphatic rings. The molecule has 1 unspecified atom stereocenters. The number of benzene rings is 2. The molecular formula is C19H24N2O. The van der Waals surface area contributed by atoms with Crippen molar-refractivity contribution in [2.24, 2.45) is 0 Å². The van der Waals surface area contributed by atoms with Gasteiger partial charge >= 0.3 is 0 Å². The second-order valence-electron chi connectivity index (χ2n) is 5.82. The molecule has 116 valence electrons. The number of piperazine rings is 1. The summed E-state index contributed by atoms with van der Waals surface area (Å²) < 4.78 is 5.43. The van der Waals surface area contributed by atoms with Crippen molar-refractivity contribution >= 4 is 0 Å². The topological polar surface area (TPSA) is 24.5 Å². The van der Waals surface area contributed by atoms with Crippen LogP contribution < -0.4 is 10.1 Å². The van der Waals surface area contributed by atoms with E-state index in [2.05, 4.69) is 59.6 Å². The van der Waals surface area contributed by atoms with Gasteiger partial charge in [0.15, 0.2) is 0 Å². The van der Waals surface area contributed by atoms with Crippen molar-refractivity contribution in [2.75, 3.05) is 33.3 Å². The minimum Gasteiger partial charge on any atom is -0.497 e. The van der Waals surface area contributed by atoms with Crippen LogP contribution in [0.1, 0.15) is 22.7 Å². The molecule has 1 saturated heterocycles. The third kappa shape index (κ3) is 3.16. The Morgan fingerprint density at radius 2 is 1.82 bits per heavy atom. The molecule has 0 aromatic heterocycles. The summed E-state index contributed by atoms with van der Waals surface area (Å²) in [7, 11) is 1.73. The van der Waals surface area contributed by atoms with Gasteiger partial charge in [0.1, 0.15) is 5.75 Å². The van der Waals surface area contributed by atoms with E-state index in [1.54, 1.807) is 7.11 Å². The minimum atomic E-state index is 0.290. The smallest absolute Gasteiger partial charge is 0.119 e. The van der Waals surface area contributed by atoms with E-state index in [0.29, 0.717) is 6.04 Å². The Labute approximate surface area is 132 Å². The zero-order valence-electron chi connectivity index (χ0n) is 13.4. The quantitative estimate of drug-likeness (QED) is 0.938. The van der Waals surface area contributed by atoms with Crippen LogP contribution in [0.2, 0.25) is 0 Å². The fourth-order valence-corrected chi connectivity index (χ4v) is 3.23. The van der Waals surface area contributed by atoms with Gasteiger partial charge in [0.2, 0.25) is 0 Å². The maximum atomic E-state index is 5.43. The van der Waals surface area contributed by atoms with Crippen molar-refractivity contribution in [3.8, 4) is 5.75 Å². The van der Waals surface area contributed by atoms with Gasteiger partial charge in [0.05, 0.1) is 13.2 Å². The predicted molar refractivity (Wildman–Crippen MR) is 90.5 cm³/mol. The number of ether oxygens (including phenoxy) is 1. The highest BCUT2D eigenvalue weighted by Crippen LogP contribution is 2.32.